The molecule has 33 heavy (non-hydrogen) atoms. The molecule has 5 nitrogen and oxygen atoms in total. The smallest absolute Gasteiger partial charge is 0.209 e. The zero-order valence-electron chi connectivity index (χ0n) is 18.5. The minimum Gasteiger partial charge on any atom is -0.231 e. The van der Waals surface area contributed by atoms with Crippen molar-refractivity contribution in [1.82, 2.24) is 14.5 Å². The Kier molecular flexibility index (Phi) is 7.27. The third kappa shape index (κ3) is 5.65. The summed E-state index contributed by atoms with van der Waals surface area (Å²) in [4.78, 5) is 0. The van der Waals surface area contributed by atoms with Gasteiger partial charge in [-0.25, -0.2) is 17.8 Å². The van der Waals surface area contributed by atoms with E-state index >= 15 is 0 Å². The fraction of sp³-hybridized carbons (Fsp3) is 0.375. The summed E-state index contributed by atoms with van der Waals surface area (Å²) in [6.45, 7) is 2.04. The number of nitrogens with zero attached hydrogens (tertiary/aromatic N) is 2. The first-order valence-corrected chi connectivity index (χ1v) is 14.3. The summed E-state index contributed by atoms with van der Waals surface area (Å²) < 4.78 is 30.3. The highest BCUT2D eigenvalue weighted by Gasteiger charge is 2.37. The Balaban J connectivity index is 1.86. The SMILES string of the molecule is Cc1c(CC2(NS(C)(=O)=O)CCCCC2)nn(-c2ccc(Cl)cc2Cl)c1-c1ccc(Br)cc1. The molecule has 1 saturated carbocycles. The van der Waals surface area contributed by atoms with Crippen LogP contribution < -0.4 is 4.72 Å². The van der Waals surface area contributed by atoms with Gasteiger partial charge in [0.25, 0.3) is 0 Å². The van der Waals surface area contributed by atoms with Crippen molar-refractivity contribution in [1.29, 1.82) is 0 Å². The van der Waals surface area contributed by atoms with Gasteiger partial charge in [-0.2, -0.15) is 5.10 Å². The lowest BCUT2D eigenvalue weighted by Gasteiger charge is -2.37. The lowest BCUT2D eigenvalue weighted by Crippen LogP contribution is -2.51. The van der Waals surface area contributed by atoms with E-state index < -0.39 is 15.6 Å². The van der Waals surface area contributed by atoms with Crippen molar-refractivity contribution < 1.29 is 8.42 Å². The number of hydrogen-bond acceptors (Lipinski definition) is 3. The van der Waals surface area contributed by atoms with Crippen LogP contribution in [-0.4, -0.2) is 30.0 Å². The molecule has 1 aliphatic carbocycles. The van der Waals surface area contributed by atoms with E-state index in [9.17, 15) is 8.42 Å². The van der Waals surface area contributed by atoms with E-state index in [-0.39, 0.29) is 0 Å². The van der Waals surface area contributed by atoms with Gasteiger partial charge in [-0.05, 0) is 55.7 Å². The number of sulfonamides is 1. The first-order chi connectivity index (χ1) is 15.6. The predicted molar refractivity (Wildman–Crippen MR) is 139 cm³/mol. The third-order valence-corrected chi connectivity index (χ3v) is 8.06. The van der Waals surface area contributed by atoms with E-state index in [1.807, 2.05) is 41.9 Å². The molecule has 9 heteroatoms. The number of hydrogen-bond donors (Lipinski definition) is 1. The molecule has 1 fully saturated rings. The van der Waals surface area contributed by atoms with Gasteiger partial charge >= 0.3 is 0 Å². The Bertz CT molecular complexity index is 1270. The number of halogens is 3. The highest BCUT2D eigenvalue weighted by Crippen LogP contribution is 2.37. The van der Waals surface area contributed by atoms with Crippen LogP contribution in [0.15, 0.2) is 46.9 Å². The molecule has 1 N–H and O–H groups in total. The first-order valence-electron chi connectivity index (χ1n) is 10.9. The van der Waals surface area contributed by atoms with Crippen LogP contribution >= 0.6 is 39.1 Å². The van der Waals surface area contributed by atoms with Crippen LogP contribution in [0.2, 0.25) is 10.0 Å². The van der Waals surface area contributed by atoms with Crippen molar-refractivity contribution in [2.24, 2.45) is 0 Å². The van der Waals surface area contributed by atoms with Crippen LogP contribution in [0.1, 0.15) is 43.4 Å². The molecular formula is C24H26BrCl2N3O2S. The van der Waals surface area contributed by atoms with Crippen LogP contribution in [0, 0.1) is 6.92 Å². The summed E-state index contributed by atoms with van der Waals surface area (Å²) in [6, 6.07) is 13.4. The maximum absolute atomic E-state index is 12.2. The van der Waals surface area contributed by atoms with Crippen LogP contribution in [0.5, 0.6) is 0 Å². The van der Waals surface area contributed by atoms with E-state index in [0.29, 0.717) is 16.5 Å². The fourth-order valence-corrected chi connectivity index (χ4v) is 6.56. The van der Waals surface area contributed by atoms with Gasteiger partial charge in [0, 0.05) is 27.0 Å². The molecule has 0 amide bonds. The molecule has 2 aromatic carbocycles. The van der Waals surface area contributed by atoms with Crippen molar-refractivity contribution in [2.45, 2.75) is 51.0 Å². The van der Waals surface area contributed by atoms with E-state index in [1.165, 1.54) is 6.26 Å². The Morgan fingerprint density at radius 3 is 2.36 bits per heavy atom. The fourth-order valence-electron chi connectivity index (χ4n) is 4.74. The number of rotatable bonds is 6. The number of aromatic nitrogens is 2. The van der Waals surface area contributed by atoms with E-state index in [4.69, 9.17) is 28.3 Å². The molecule has 0 atom stereocenters. The predicted octanol–water partition coefficient (Wildman–Crippen LogP) is 6.71. The van der Waals surface area contributed by atoms with Gasteiger partial charge in [0.2, 0.25) is 10.0 Å². The quantitative estimate of drug-likeness (QED) is 0.358. The second kappa shape index (κ2) is 9.70. The van der Waals surface area contributed by atoms with Gasteiger partial charge in [-0.15, -0.1) is 0 Å². The van der Waals surface area contributed by atoms with E-state index in [1.54, 1.807) is 12.1 Å². The molecule has 1 aliphatic rings. The molecular weight excluding hydrogens is 545 g/mol. The summed E-state index contributed by atoms with van der Waals surface area (Å²) in [7, 11) is -3.36. The van der Waals surface area contributed by atoms with Gasteiger partial charge in [0.05, 0.1) is 28.4 Å². The zero-order valence-corrected chi connectivity index (χ0v) is 22.5. The Morgan fingerprint density at radius 2 is 1.76 bits per heavy atom. The summed E-state index contributed by atoms with van der Waals surface area (Å²) >= 11 is 16.2. The van der Waals surface area contributed by atoms with Gasteiger partial charge < -0.3 is 0 Å². The molecule has 0 spiro atoms. The van der Waals surface area contributed by atoms with Gasteiger partial charge in [0.1, 0.15) is 0 Å². The summed E-state index contributed by atoms with van der Waals surface area (Å²) in [5, 5.41) is 6.03. The zero-order chi connectivity index (χ0) is 23.8. The van der Waals surface area contributed by atoms with Crippen molar-refractivity contribution in [3.63, 3.8) is 0 Å². The Morgan fingerprint density at radius 1 is 1.09 bits per heavy atom. The minimum atomic E-state index is -3.36. The van der Waals surface area contributed by atoms with Crippen molar-refractivity contribution in [2.75, 3.05) is 6.26 Å². The Labute approximate surface area is 213 Å². The van der Waals surface area contributed by atoms with Crippen molar-refractivity contribution in [3.05, 3.63) is 68.2 Å². The first kappa shape index (κ1) is 24.7. The highest BCUT2D eigenvalue weighted by molar-refractivity contribution is 9.10. The maximum atomic E-state index is 12.2. The monoisotopic (exact) mass is 569 g/mol. The average molecular weight is 571 g/mol. The highest BCUT2D eigenvalue weighted by atomic mass is 79.9. The molecule has 0 radical (unpaired) electrons. The van der Waals surface area contributed by atoms with Crippen LogP contribution in [-0.2, 0) is 16.4 Å². The Hall–Kier alpha value is -1.38. The topological polar surface area (TPSA) is 64.0 Å². The maximum Gasteiger partial charge on any atom is 0.209 e. The summed E-state index contributed by atoms with van der Waals surface area (Å²) in [6.07, 6.45) is 6.44. The van der Waals surface area contributed by atoms with Gasteiger partial charge in [0.15, 0.2) is 0 Å². The molecule has 1 aromatic heterocycles. The molecule has 0 bridgehead atoms. The molecule has 0 unspecified atom stereocenters. The largest absolute Gasteiger partial charge is 0.231 e. The molecule has 4 rings (SSSR count). The van der Waals surface area contributed by atoms with Crippen molar-refractivity contribution in [3.8, 4) is 16.9 Å². The minimum absolute atomic E-state index is 0.497. The summed E-state index contributed by atoms with van der Waals surface area (Å²) in [5.41, 5.74) is 3.97. The average Bonchev–Trinajstić information content (AvgIpc) is 3.03. The summed E-state index contributed by atoms with van der Waals surface area (Å²) in [5.74, 6) is 0. The molecule has 0 saturated heterocycles. The lowest BCUT2D eigenvalue weighted by atomic mass is 9.79. The third-order valence-electron chi connectivity index (χ3n) is 6.19. The molecule has 3 aromatic rings. The second-order valence-corrected chi connectivity index (χ2v) is 12.3. The van der Waals surface area contributed by atoms with Crippen LogP contribution in [0.4, 0.5) is 0 Å². The van der Waals surface area contributed by atoms with E-state index in [0.717, 1.165) is 64.8 Å². The van der Waals surface area contributed by atoms with Gasteiger partial charge in [-0.3, -0.25) is 0 Å². The number of benzene rings is 2. The molecule has 1 heterocycles. The van der Waals surface area contributed by atoms with Gasteiger partial charge in [-0.1, -0.05) is 70.5 Å². The van der Waals surface area contributed by atoms with Crippen molar-refractivity contribution >= 4 is 49.2 Å². The lowest BCUT2D eigenvalue weighted by molar-refractivity contribution is 0.265. The number of nitrogens with one attached hydrogen (secondary N) is 1. The standard InChI is InChI=1S/C24H26BrCl2N3O2S/c1-16-21(15-24(29-33(2,31)32)12-4-3-5-13-24)28-30(22-11-10-19(26)14-20(22)27)23(16)17-6-8-18(25)9-7-17/h6-11,14,29H,3-5,12-13,15H2,1-2H3. The molecule has 176 valence electrons. The van der Waals surface area contributed by atoms with E-state index in [2.05, 4.69) is 20.7 Å². The van der Waals surface area contributed by atoms with Crippen LogP contribution in [0.3, 0.4) is 0 Å². The second-order valence-electron chi connectivity index (χ2n) is 8.83. The normalized spacial score (nSPS) is 16.2. The van der Waals surface area contributed by atoms with Crippen LogP contribution in [0.25, 0.3) is 16.9 Å². The molecule has 0 aliphatic heterocycles.